The van der Waals surface area contributed by atoms with E-state index in [4.69, 9.17) is 9.15 Å². The first-order valence-electron chi connectivity index (χ1n) is 16.9. The molecular formula is C35H43FN6O7S. The van der Waals surface area contributed by atoms with Crippen LogP contribution in [0.1, 0.15) is 43.8 Å². The van der Waals surface area contributed by atoms with E-state index in [2.05, 4.69) is 27.6 Å². The molecule has 268 valence electrons. The van der Waals surface area contributed by atoms with Crippen LogP contribution >= 0.6 is 0 Å². The van der Waals surface area contributed by atoms with E-state index in [-0.39, 0.29) is 35.9 Å². The van der Waals surface area contributed by atoms with E-state index in [1.165, 1.54) is 20.2 Å². The molecule has 0 bridgehead atoms. The lowest BCUT2D eigenvalue weighted by molar-refractivity contribution is 0.0727. The molecule has 3 atom stereocenters. The van der Waals surface area contributed by atoms with Crippen molar-refractivity contribution in [2.24, 2.45) is 11.8 Å². The standard InChI is InChI=1S/C35H43FN6O7S/c1-20-30(40-11-10-39(4)23(17-40)19-48-5)7-6-25-24-8-9-41(18-28(24)35(45)49-32(20)25)34(44)26-14-31(38(2)3)27(13-29(26)36)33(43)37-50(46,47)42-15-21-12-22(21)16-42/h6-7,13-14,21-23H,8-12,15-19H2,1-5H3,(H,37,43)/t21?,22?,23-/m1/s1. The number of nitrogens with one attached hydrogen (secondary N) is 1. The quantitative estimate of drug-likeness (QED) is 0.347. The van der Waals surface area contributed by atoms with Crippen LogP contribution in [0.25, 0.3) is 11.0 Å². The van der Waals surface area contributed by atoms with E-state index >= 15 is 4.39 Å². The van der Waals surface area contributed by atoms with Gasteiger partial charge in [-0.3, -0.25) is 14.5 Å². The van der Waals surface area contributed by atoms with Crippen molar-refractivity contribution in [1.82, 2.24) is 18.8 Å². The van der Waals surface area contributed by atoms with Crippen LogP contribution in [0.2, 0.25) is 0 Å². The van der Waals surface area contributed by atoms with Gasteiger partial charge in [-0.25, -0.2) is 13.9 Å². The Bertz CT molecular complexity index is 2040. The number of amides is 2. The first-order chi connectivity index (χ1) is 23.8. The monoisotopic (exact) mass is 710 g/mol. The fourth-order valence-corrected chi connectivity index (χ4v) is 8.99. The molecule has 2 aromatic carbocycles. The molecule has 50 heavy (non-hydrogen) atoms. The number of anilines is 2. The van der Waals surface area contributed by atoms with Crippen LogP contribution in [0.15, 0.2) is 33.5 Å². The van der Waals surface area contributed by atoms with Crippen molar-refractivity contribution in [3.05, 3.63) is 68.3 Å². The van der Waals surface area contributed by atoms with Crippen molar-refractivity contribution in [3.63, 3.8) is 0 Å². The largest absolute Gasteiger partial charge is 0.422 e. The van der Waals surface area contributed by atoms with Crippen molar-refractivity contribution in [3.8, 4) is 0 Å². The molecule has 7 rings (SSSR count). The minimum Gasteiger partial charge on any atom is -0.422 e. The van der Waals surface area contributed by atoms with Gasteiger partial charge in [0.2, 0.25) is 0 Å². The third-order valence-corrected chi connectivity index (χ3v) is 12.2. The average molecular weight is 711 g/mol. The summed E-state index contributed by atoms with van der Waals surface area (Å²) >= 11 is 0. The molecule has 15 heteroatoms. The molecule has 2 unspecified atom stereocenters. The highest BCUT2D eigenvalue weighted by Crippen LogP contribution is 2.45. The SMILES string of the molecule is COC[C@H]1CN(c2ccc3c4c(c(=O)oc3c2C)CN(C(=O)c2cc(N(C)C)c(C(=O)NS(=O)(=O)N3CC5CC5C3)cc2F)CC4)CCN1C. The maximum absolute atomic E-state index is 15.7. The number of nitrogens with zero attached hydrogens (tertiary/aromatic N) is 5. The summed E-state index contributed by atoms with van der Waals surface area (Å²) in [4.78, 5) is 47.9. The molecule has 4 aliphatic rings. The predicted octanol–water partition coefficient (Wildman–Crippen LogP) is 2.20. The number of fused-ring (bicyclic) bond motifs is 4. The first kappa shape index (κ1) is 34.4. The summed E-state index contributed by atoms with van der Waals surface area (Å²) in [7, 11) is 2.91. The number of ether oxygens (including phenoxy) is 1. The van der Waals surface area contributed by atoms with Crippen molar-refractivity contribution >= 4 is 44.4 Å². The van der Waals surface area contributed by atoms with E-state index < -0.39 is 33.5 Å². The molecule has 13 nitrogen and oxygen atoms in total. The first-order valence-corrected chi connectivity index (χ1v) is 18.4. The van der Waals surface area contributed by atoms with Gasteiger partial charge in [-0.15, -0.1) is 0 Å². The molecule has 1 saturated carbocycles. The molecule has 3 fully saturated rings. The average Bonchev–Trinajstić information content (AvgIpc) is 3.69. The fourth-order valence-electron chi connectivity index (χ4n) is 7.74. The van der Waals surface area contributed by atoms with Gasteiger partial charge < -0.3 is 23.9 Å². The van der Waals surface area contributed by atoms with Crippen LogP contribution in [-0.2, 0) is 27.9 Å². The number of piperidine rings is 1. The number of methoxy groups -OCH3 is 1. The Hall–Kier alpha value is -4.05. The Morgan fingerprint density at radius 2 is 1.80 bits per heavy atom. The van der Waals surface area contributed by atoms with Crippen molar-refractivity contribution in [1.29, 1.82) is 0 Å². The number of rotatable bonds is 8. The second-order valence-corrected chi connectivity index (χ2v) is 15.9. The number of carbonyl (C=O) groups is 2. The Balaban J connectivity index is 1.12. The zero-order valence-corrected chi connectivity index (χ0v) is 29.8. The Kier molecular flexibility index (Phi) is 8.90. The lowest BCUT2D eigenvalue weighted by Crippen LogP contribution is -2.53. The van der Waals surface area contributed by atoms with Crippen molar-refractivity contribution in [2.45, 2.75) is 32.4 Å². The molecule has 1 aliphatic carbocycles. The van der Waals surface area contributed by atoms with Crippen molar-refractivity contribution in [2.75, 3.05) is 83.9 Å². The number of hydrogen-bond acceptors (Lipinski definition) is 10. The van der Waals surface area contributed by atoms with Crippen LogP contribution in [0, 0.1) is 24.6 Å². The summed E-state index contributed by atoms with van der Waals surface area (Å²) in [5, 5.41) is 0.813. The third-order valence-electron chi connectivity index (χ3n) is 10.8. The zero-order chi connectivity index (χ0) is 35.6. The van der Waals surface area contributed by atoms with Gasteiger partial charge in [-0.1, -0.05) is 0 Å². The smallest absolute Gasteiger partial charge is 0.341 e. The molecule has 0 spiro atoms. The number of carbonyl (C=O) groups excluding carboxylic acids is 2. The number of piperazine rings is 1. The van der Waals surface area contributed by atoms with Gasteiger partial charge in [0.25, 0.3) is 11.8 Å². The minimum atomic E-state index is -4.10. The van der Waals surface area contributed by atoms with Crippen LogP contribution in [-0.4, -0.2) is 115 Å². The molecule has 1 N–H and O–H groups in total. The summed E-state index contributed by atoms with van der Waals surface area (Å²) in [5.41, 5.74) is 2.67. The van der Waals surface area contributed by atoms with Gasteiger partial charge in [0.05, 0.1) is 41.6 Å². The predicted molar refractivity (Wildman–Crippen MR) is 186 cm³/mol. The van der Waals surface area contributed by atoms with Crippen LogP contribution < -0.4 is 20.1 Å². The van der Waals surface area contributed by atoms with E-state index in [0.29, 0.717) is 49.1 Å². The van der Waals surface area contributed by atoms with Gasteiger partial charge >= 0.3 is 15.8 Å². The Morgan fingerprint density at radius 3 is 2.50 bits per heavy atom. The summed E-state index contributed by atoms with van der Waals surface area (Å²) < 4.78 is 56.1. The zero-order valence-electron chi connectivity index (χ0n) is 29.0. The highest BCUT2D eigenvalue weighted by Gasteiger charge is 2.49. The minimum absolute atomic E-state index is 0.0700. The van der Waals surface area contributed by atoms with Crippen molar-refractivity contribution < 1.29 is 31.6 Å². The Morgan fingerprint density at radius 1 is 1.06 bits per heavy atom. The number of aryl methyl sites for hydroxylation is 1. The fraction of sp³-hybridized carbons (Fsp3) is 0.514. The van der Waals surface area contributed by atoms with Crippen LogP contribution in [0.5, 0.6) is 0 Å². The van der Waals surface area contributed by atoms with Crippen LogP contribution in [0.3, 0.4) is 0 Å². The topological polar surface area (TPSA) is 136 Å². The molecule has 0 radical (unpaired) electrons. The van der Waals surface area contributed by atoms with E-state index in [0.717, 1.165) is 54.3 Å². The number of hydrogen-bond donors (Lipinski definition) is 1. The lowest BCUT2D eigenvalue weighted by atomic mass is 9.95. The van der Waals surface area contributed by atoms with Gasteiger partial charge in [0, 0.05) is 77.1 Å². The van der Waals surface area contributed by atoms with E-state index in [9.17, 15) is 22.8 Å². The summed E-state index contributed by atoms with van der Waals surface area (Å²) in [6.45, 7) is 5.92. The molecular weight excluding hydrogens is 667 g/mol. The molecule has 2 saturated heterocycles. The molecule has 2 amide bonds. The maximum atomic E-state index is 15.7. The molecule has 4 heterocycles. The Labute approximate surface area is 290 Å². The van der Waals surface area contributed by atoms with Gasteiger partial charge in [0.1, 0.15) is 11.4 Å². The molecule has 1 aromatic heterocycles. The lowest BCUT2D eigenvalue weighted by Gasteiger charge is -2.41. The van der Waals surface area contributed by atoms with Gasteiger partial charge in [-0.05, 0) is 68.5 Å². The highest BCUT2D eigenvalue weighted by molar-refractivity contribution is 7.87. The van der Waals surface area contributed by atoms with E-state index in [1.54, 1.807) is 21.2 Å². The maximum Gasteiger partial charge on any atom is 0.341 e. The van der Waals surface area contributed by atoms with Crippen LogP contribution in [0.4, 0.5) is 15.8 Å². The number of likely N-dealkylation sites (N-methyl/N-ethyl adjacent to an activating group) is 1. The number of benzene rings is 2. The highest BCUT2D eigenvalue weighted by atomic mass is 32.2. The van der Waals surface area contributed by atoms with Gasteiger partial charge in [-0.2, -0.15) is 12.7 Å². The summed E-state index contributed by atoms with van der Waals surface area (Å²) in [5.74, 6) is -1.95. The normalized spacial score (nSPS) is 22.4. The number of halogens is 1. The second-order valence-electron chi connectivity index (χ2n) is 14.2. The van der Waals surface area contributed by atoms with Gasteiger partial charge in [0.15, 0.2) is 0 Å². The third kappa shape index (κ3) is 6.14. The summed E-state index contributed by atoms with van der Waals surface area (Å²) in [6.07, 6.45) is 1.36. The van der Waals surface area contributed by atoms with E-state index in [1.807, 2.05) is 13.0 Å². The molecule has 3 aliphatic heterocycles. The summed E-state index contributed by atoms with van der Waals surface area (Å²) in [6, 6.07) is 6.41. The molecule has 3 aromatic rings. The second kappa shape index (κ2) is 12.9.